The van der Waals surface area contributed by atoms with E-state index in [1.807, 2.05) is 11.3 Å². The molecule has 0 amide bonds. The zero-order chi connectivity index (χ0) is 35.6. The maximum absolute atomic E-state index is 2.42. The number of nitrogens with zero attached hydrogens (tertiary/aromatic N) is 1. The van der Waals surface area contributed by atoms with Crippen molar-refractivity contribution >= 4 is 91.7 Å². The predicted octanol–water partition coefficient (Wildman–Crippen LogP) is 15.5. The molecule has 0 radical (unpaired) electrons. The highest BCUT2D eigenvalue weighted by atomic mass is 32.1. The Morgan fingerprint density at radius 3 is 1.89 bits per heavy atom. The average Bonchev–Trinajstić information content (AvgIpc) is 3.60. The maximum atomic E-state index is 2.42. The topological polar surface area (TPSA) is 3.24 Å². The number of thiophene rings is 1. The normalized spacial score (nSPS) is 11.7. The van der Waals surface area contributed by atoms with Gasteiger partial charge < -0.3 is 4.90 Å². The van der Waals surface area contributed by atoms with Crippen LogP contribution in [0.1, 0.15) is 0 Å². The molecule has 11 rings (SSSR count). The fourth-order valence-corrected chi connectivity index (χ4v) is 9.59. The number of fused-ring (bicyclic) bond motifs is 9. The van der Waals surface area contributed by atoms with Gasteiger partial charge in [-0.05, 0) is 108 Å². The van der Waals surface area contributed by atoms with Crippen molar-refractivity contribution < 1.29 is 0 Å². The minimum Gasteiger partial charge on any atom is -0.310 e. The average molecular weight is 704 g/mol. The predicted molar refractivity (Wildman–Crippen MR) is 235 cm³/mol. The minimum atomic E-state index is 1.11. The Labute approximate surface area is 317 Å². The molecule has 0 atom stereocenters. The zero-order valence-electron chi connectivity index (χ0n) is 29.4. The molecule has 0 bridgehead atoms. The van der Waals surface area contributed by atoms with Gasteiger partial charge in [0.15, 0.2) is 0 Å². The fourth-order valence-electron chi connectivity index (χ4n) is 8.46. The third kappa shape index (κ3) is 4.99. The second kappa shape index (κ2) is 12.4. The standard InChI is InChI=1S/C52H33NS/c1-2-11-34(12-3-1)43-14-6-8-19-49(43)53(41-29-25-38-32-48-46-16-7-9-20-50(46)54-51(48)33-39(38)31-41)40-27-23-36(24-28-40)42-17-10-18-47-45(42)30-26-37-22-21-35-13-4-5-15-44(35)52(37)47/h1-33H. The van der Waals surface area contributed by atoms with Gasteiger partial charge in [-0.1, -0.05) is 152 Å². The van der Waals surface area contributed by atoms with E-state index in [0.717, 1.165) is 17.1 Å². The first-order valence-electron chi connectivity index (χ1n) is 18.5. The molecule has 0 unspecified atom stereocenters. The summed E-state index contributed by atoms with van der Waals surface area (Å²) in [5.74, 6) is 0. The van der Waals surface area contributed by atoms with E-state index in [2.05, 4.69) is 205 Å². The number of rotatable bonds is 5. The van der Waals surface area contributed by atoms with Gasteiger partial charge in [0.2, 0.25) is 0 Å². The van der Waals surface area contributed by atoms with Gasteiger partial charge in [0.25, 0.3) is 0 Å². The van der Waals surface area contributed by atoms with Gasteiger partial charge >= 0.3 is 0 Å². The Kier molecular flexibility index (Phi) is 7.11. The highest BCUT2D eigenvalue weighted by Crippen LogP contribution is 2.44. The Morgan fingerprint density at radius 1 is 0.315 bits per heavy atom. The first-order valence-corrected chi connectivity index (χ1v) is 19.3. The summed E-state index contributed by atoms with van der Waals surface area (Å²) in [4.78, 5) is 2.42. The van der Waals surface area contributed by atoms with Crippen molar-refractivity contribution in [2.75, 3.05) is 4.90 Å². The summed E-state index contributed by atoms with van der Waals surface area (Å²) in [6, 6.07) is 73.5. The summed E-state index contributed by atoms with van der Waals surface area (Å²) in [6.45, 7) is 0. The lowest BCUT2D eigenvalue weighted by Gasteiger charge is -2.28. The van der Waals surface area contributed by atoms with Crippen LogP contribution in [0.25, 0.3) is 85.5 Å². The van der Waals surface area contributed by atoms with Gasteiger partial charge in [0, 0.05) is 37.1 Å². The van der Waals surface area contributed by atoms with Crippen molar-refractivity contribution in [1.29, 1.82) is 0 Å². The lowest BCUT2D eigenvalue weighted by atomic mass is 9.92. The Bertz CT molecular complexity index is 3210. The number of hydrogen-bond acceptors (Lipinski definition) is 2. The van der Waals surface area contributed by atoms with Gasteiger partial charge in [-0.15, -0.1) is 11.3 Å². The summed E-state index contributed by atoms with van der Waals surface area (Å²) >= 11 is 1.87. The van der Waals surface area contributed by atoms with E-state index in [1.54, 1.807) is 0 Å². The third-order valence-corrected chi connectivity index (χ3v) is 12.1. The summed E-state index contributed by atoms with van der Waals surface area (Å²) < 4.78 is 2.64. The largest absolute Gasteiger partial charge is 0.310 e. The Hall–Kier alpha value is -6.74. The van der Waals surface area contributed by atoms with E-state index in [1.165, 1.54) is 85.5 Å². The van der Waals surface area contributed by atoms with Crippen LogP contribution in [0.4, 0.5) is 17.1 Å². The molecule has 0 aliphatic heterocycles. The van der Waals surface area contributed by atoms with Crippen LogP contribution in [0, 0.1) is 0 Å². The van der Waals surface area contributed by atoms with Crippen LogP contribution in [-0.2, 0) is 0 Å². The summed E-state index contributed by atoms with van der Waals surface area (Å²) in [5, 5.41) is 12.8. The number of benzene rings is 10. The molecule has 1 aromatic heterocycles. The van der Waals surface area contributed by atoms with E-state index in [-0.39, 0.29) is 0 Å². The van der Waals surface area contributed by atoms with E-state index in [9.17, 15) is 0 Å². The SMILES string of the molecule is c1ccc(-c2ccccc2N(c2ccc(-c3cccc4c3ccc3ccc5ccccc5c34)cc2)c2ccc3cc4c(cc3c2)sc2ccccc24)cc1. The maximum Gasteiger partial charge on any atom is 0.0540 e. The molecule has 0 aliphatic rings. The van der Waals surface area contributed by atoms with E-state index in [4.69, 9.17) is 0 Å². The number of anilines is 3. The molecule has 0 saturated heterocycles. The summed E-state index contributed by atoms with van der Waals surface area (Å²) in [5.41, 5.74) is 8.20. The molecule has 1 heterocycles. The molecule has 0 saturated carbocycles. The van der Waals surface area contributed by atoms with Gasteiger partial charge in [-0.3, -0.25) is 0 Å². The van der Waals surface area contributed by atoms with Crippen LogP contribution >= 0.6 is 11.3 Å². The van der Waals surface area contributed by atoms with Crippen molar-refractivity contribution in [3.05, 3.63) is 200 Å². The third-order valence-electron chi connectivity index (χ3n) is 11.0. The quantitative estimate of drug-likeness (QED) is 0.161. The first-order chi connectivity index (χ1) is 26.8. The van der Waals surface area contributed by atoms with Crippen molar-refractivity contribution in [2.24, 2.45) is 0 Å². The summed E-state index contributed by atoms with van der Waals surface area (Å²) in [7, 11) is 0. The molecule has 54 heavy (non-hydrogen) atoms. The number of para-hydroxylation sites is 1. The molecule has 0 spiro atoms. The molecular weight excluding hydrogens is 671 g/mol. The molecule has 252 valence electrons. The molecular formula is C52H33NS. The first kappa shape index (κ1) is 30.8. The number of hydrogen-bond donors (Lipinski definition) is 0. The van der Waals surface area contributed by atoms with E-state index < -0.39 is 0 Å². The highest BCUT2D eigenvalue weighted by Gasteiger charge is 2.19. The lowest BCUT2D eigenvalue weighted by molar-refractivity contribution is 1.29. The summed E-state index contributed by atoms with van der Waals surface area (Å²) in [6.07, 6.45) is 0. The van der Waals surface area contributed by atoms with Crippen molar-refractivity contribution in [3.8, 4) is 22.3 Å². The van der Waals surface area contributed by atoms with E-state index in [0.29, 0.717) is 0 Å². The smallest absolute Gasteiger partial charge is 0.0540 e. The molecule has 0 aliphatic carbocycles. The van der Waals surface area contributed by atoms with Crippen LogP contribution in [0.15, 0.2) is 200 Å². The van der Waals surface area contributed by atoms with Crippen LogP contribution < -0.4 is 4.90 Å². The molecule has 2 heteroatoms. The van der Waals surface area contributed by atoms with Crippen LogP contribution in [0.2, 0.25) is 0 Å². The lowest BCUT2D eigenvalue weighted by Crippen LogP contribution is -2.11. The van der Waals surface area contributed by atoms with E-state index >= 15 is 0 Å². The second-order valence-corrected chi connectivity index (χ2v) is 15.2. The van der Waals surface area contributed by atoms with Crippen LogP contribution in [-0.4, -0.2) is 0 Å². The Balaban J connectivity index is 1.08. The fraction of sp³-hybridized carbons (Fsp3) is 0. The second-order valence-electron chi connectivity index (χ2n) is 14.1. The van der Waals surface area contributed by atoms with Crippen molar-refractivity contribution in [3.63, 3.8) is 0 Å². The monoisotopic (exact) mass is 703 g/mol. The molecule has 11 aromatic rings. The molecule has 10 aromatic carbocycles. The van der Waals surface area contributed by atoms with Gasteiger partial charge in [0.05, 0.1) is 5.69 Å². The van der Waals surface area contributed by atoms with Crippen LogP contribution in [0.5, 0.6) is 0 Å². The van der Waals surface area contributed by atoms with Gasteiger partial charge in [-0.2, -0.15) is 0 Å². The molecule has 0 N–H and O–H groups in total. The molecule has 0 fully saturated rings. The van der Waals surface area contributed by atoms with Crippen LogP contribution in [0.3, 0.4) is 0 Å². The Morgan fingerprint density at radius 2 is 0.981 bits per heavy atom. The minimum absolute atomic E-state index is 1.11. The zero-order valence-corrected chi connectivity index (χ0v) is 30.2. The van der Waals surface area contributed by atoms with Crippen molar-refractivity contribution in [1.82, 2.24) is 0 Å². The van der Waals surface area contributed by atoms with Gasteiger partial charge in [0.1, 0.15) is 0 Å². The van der Waals surface area contributed by atoms with Crippen molar-refractivity contribution in [2.45, 2.75) is 0 Å². The van der Waals surface area contributed by atoms with Gasteiger partial charge in [-0.25, -0.2) is 0 Å². The highest BCUT2D eigenvalue weighted by molar-refractivity contribution is 7.25. The molecule has 1 nitrogen and oxygen atoms in total.